The van der Waals surface area contributed by atoms with Gasteiger partial charge in [-0.2, -0.15) is 0 Å². The van der Waals surface area contributed by atoms with Gasteiger partial charge in [-0.15, -0.1) is 11.3 Å². The minimum Gasteiger partial charge on any atom is -0.462 e. The fraction of sp³-hybridized carbons (Fsp3) is 0.280. The van der Waals surface area contributed by atoms with Crippen molar-refractivity contribution < 1.29 is 33.1 Å². The molecule has 0 bridgehead atoms. The minimum atomic E-state index is -0.742. The van der Waals surface area contributed by atoms with Crippen LogP contribution in [-0.2, 0) is 14.3 Å². The highest BCUT2D eigenvalue weighted by Gasteiger charge is 2.21. The van der Waals surface area contributed by atoms with Gasteiger partial charge in [0.1, 0.15) is 5.00 Å². The maximum Gasteiger partial charge on any atom is 0.341 e. The van der Waals surface area contributed by atoms with Crippen LogP contribution in [0.1, 0.15) is 68.4 Å². The van der Waals surface area contributed by atoms with Crippen molar-refractivity contribution in [3.8, 4) is 0 Å². The van der Waals surface area contributed by atoms with Crippen LogP contribution in [0.2, 0.25) is 0 Å². The first-order valence-electron chi connectivity index (χ1n) is 10.9. The third-order valence-corrected chi connectivity index (χ3v) is 6.22. The molecule has 0 atom stereocenters. The Morgan fingerprint density at radius 3 is 2.46 bits per heavy atom. The Bertz CT molecular complexity index is 1230. The highest BCUT2D eigenvalue weighted by molar-refractivity contribution is 7.16. The van der Waals surface area contributed by atoms with E-state index in [0.717, 1.165) is 10.4 Å². The van der Waals surface area contributed by atoms with Crippen molar-refractivity contribution in [1.29, 1.82) is 0 Å². The van der Waals surface area contributed by atoms with Crippen LogP contribution >= 0.6 is 11.3 Å². The second-order valence-corrected chi connectivity index (χ2v) is 8.94. The average Bonchev–Trinajstić information content (AvgIpc) is 3.50. The van der Waals surface area contributed by atoms with E-state index in [4.69, 9.17) is 13.9 Å². The number of nitrogens with one attached hydrogen (secondary N) is 2. The molecular weight excluding hydrogens is 472 g/mol. The van der Waals surface area contributed by atoms with Crippen LogP contribution in [0.4, 0.5) is 10.7 Å². The zero-order valence-electron chi connectivity index (χ0n) is 19.8. The maximum absolute atomic E-state index is 12.5. The molecule has 184 valence electrons. The molecule has 0 aliphatic carbocycles. The fourth-order valence-electron chi connectivity index (χ4n) is 3.00. The summed E-state index contributed by atoms with van der Waals surface area (Å²) in [6.45, 7) is 7.06. The molecule has 3 aromatic rings. The van der Waals surface area contributed by atoms with E-state index in [2.05, 4.69) is 10.6 Å². The van der Waals surface area contributed by atoms with E-state index < -0.39 is 30.4 Å². The van der Waals surface area contributed by atoms with Gasteiger partial charge < -0.3 is 24.5 Å². The minimum absolute atomic E-state index is 0.130. The molecule has 2 heterocycles. The Kier molecular flexibility index (Phi) is 8.43. The number of amides is 2. The molecule has 3 rings (SSSR count). The summed E-state index contributed by atoms with van der Waals surface area (Å²) >= 11 is 1.27. The van der Waals surface area contributed by atoms with Crippen LogP contribution in [0, 0.1) is 6.92 Å². The van der Waals surface area contributed by atoms with Crippen molar-refractivity contribution in [2.75, 3.05) is 23.8 Å². The first kappa shape index (κ1) is 25.7. The number of hydrogen-bond acceptors (Lipinski definition) is 8. The Labute approximate surface area is 206 Å². The Morgan fingerprint density at radius 2 is 1.80 bits per heavy atom. The van der Waals surface area contributed by atoms with Crippen LogP contribution in [0.5, 0.6) is 0 Å². The average molecular weight is 499 g/mol. The van der Waals surface area contributed by atoms with Gasteiger partial charge in [-0.3, -0.25) is 9.59 Å². The summed E-state index contributed by atoms with van der Waals surface area (Å²) in [7, 11) is 0. The van der Waals surface area contributed by atoms with Crippen molar-refractivity contribution in [3.05, 3.63) is 70.0 Å². The zero-order chi connectivity index (χ0) is 25.5. The number of anilines is 2. The molecule has 0 aliphatic rings. The first-order chi connectivity index (χ1) is 16.7. The lowest BCUT2D eigenvalue weighted by Gasteiger charge is -2.10. The lowest BCUT2D eigenvalue weighted by atomic mass is 10.1. The highest BCUT2D eigenvalue weighted by Crippen LogP contribution is 2.33. The van der Waals surface area contributed by atoms with E-state index in [0.29, 0.717) is 10.7 Å². The number of aryl methyl sites for hydroxylation is 1. The number of rotatable bonds is 9. The summed E-state index contributed by atoms with van der Waals surface area (Å²) in [6, 6.07) is 9.45. The van der Waals surface area contributed by atoms with Crippen molar-refractivity contribution in [1.82, 2.24) is 0 Å². The van der Waals surface area contributed by atoms with E-state index in [1.54, 1.807) is 32.0 Å². The molecule has 0 saturated heterocycles. The number of esters is 2. The number of carbonyl (C=O) groups excluding carboxylic acids is 4. The predicted octanol–water partition coefficient (Wildman–Crippen LogP) is 5.00. The van der Waals surface area contributed by atoms with E-state index in [-0.39, 0.29) is 29.4 Å². The Balaban J connectivity index is 1.64. The van der Waals surface area contributed by atoms with Gasteiger partial charge in [0.25, 0.3) is 11.8 Å². The molecule has 0 radical (unpaired) electrons. The Hall–Kier alpha value is -3.92. The van der Waals surface area contributed by atoms with Gasteiger partial charge in [0, 0.05) is 10.6 Å². The van der Waals surface area contributed by atoms with Crippen LogP contribution in [0.15, 0.2) is 47.1 Å². The number of carbonyl (C=O) groups is 4. The Morgan fingerprint density at radius 1 is 1.03 bits per heavy atom. The summed E-state index contributed by atoms with van der Waals surface area (Å²) in [5.74, 6) is -2.05. The van der Waals surface area contributed by atoms with Crippen LogP contribution < -0.4 is 10.6 Å². The van der Waals surface area contributed by atoms with Crippen molar-refractivity contribution >= 4 is 45.8 Å². The van der Waals surface area contributed by atoms with E-state index in [9.17, 15) is 19.2 Å². The van der Waals surface area contributed by atoms with Gasteiger partial charge in [0.2, 0.25) is 0 Å². The van der Waals surface area contributed by atoms with Gasteiger partial charge in [-0.25, -0.2) is 9.59 Å². The van der Waals surface area contributed by atoms with Crippen molar-refractivity contribution in [2.24, 2.45) is 0 Å². The largest absolute Gasteiger partial charge is 0.462 e. The molecule has 2 N–H and O–H groups in total. The van der Waals surface area contributed by atoms with Gasteiger partial charge in [0.15, 0.2) is 12.4 Å². The number of thiophene rings is 1. The summed E-state index contributed by atoms with van der Waals surface area (Å²) in [5, 5.41) is 5.65. The predicted molar refractivity (Wildman–Crippen MR) is 131 cm³/mol. The van der Waals surface area contributed by atoms with Gasteiger partial charge in [0.05, 0.1) is 24.0 Å². The molecule has 0 aliphatic heterocycles. The number of ether oxygens (including phenoxy) is 2. The van der Waals surface area contributed by atoms with E-state index in [1.807, 2.05) is 13.8 Å². The van der Waals surface area contributed by atoms with Gasteiger partial charge in [-0.1, -0.05) is 19.9 Å². The molecule has 35 heavy (non-hydrogen) atoms. The molecule has 9 nitrogen and oxygen atoms in total. The molecule has 0 saturated carbocycles. The lowest BCUT2D eigenvalue weighted by molar-refractivity contribution is -0.119. The number of benzene rings is 1. The molecule has 1 aromatic carbocycles. The SMILES string of the molecule is CCOC(=O)c1cc(C(C)C)sc1NC(=O)COC(=O)c1ccc(C)c(NC(=O)c2ccco2)c1. The van der Waals surface area contributed by atoms with Crippen LogP contribution in [-0.4, -0.2) is 37.0 Å². The summed E-state index contributed by atoms with van der Waals surface area (Å²) in [5.41, 5.74) is 1.55. The summed E-state index contributed by atoms with van der Waals surface area (Å²) in [4.78, 5) is 50.4. The second-order valence-electron chi connectivity index (χ2n) is 7.85. The maximum atomic E-state index is 12.5. The molecule has 0 unspecified atom stereocenters. The smallest absolute Gasteiger partial charge is 0.341 e. The normalized spacial score (nSPS) is 10.7. The molecule has 2 amide bonds. The second kappa shape index (κ2) is 11.5. The molecule has 0 spiro atoms. The quantitative estimate of drug-likeness (QED) is 0.398. The van der Waals surface area contributed by atoms with Crippen molar-refractivity contribution in [3.63, 3.8) is 0 Å². The third-order valence-electron chi connectivity index (χ3n) is 4.87. The molecular formula is C25H26N2O7S. The monoisotopic (exact) mass is 498 g/mol. The molecule has 10 heteroatoms. The topological polar surface area (TPSA) is 124 Å². The first-order valence-corrected chi connectivity index (χ1v) is 11.7. The lowest BCUT2D eigenvalue weighted by Crippen LogP contribution is -2.21. The fourth-order valence-corrected chi connectivity index (χ4v) is 4.07. The zero-order valence-corrected chi connectivity index (χ0v) is 20.6. The molecule has 2 aromatic heterocycles. The van der Waals surface area contributed by atoms with E-state index in [1.165, 1.54) is 35.8 Å². The highest BCUT2D eigenvalue weighted by atomic mass is 32.1. The van der Waals surface area contributed by atoms with Gasteiger partial charge >= 0.3 is 11.9 Å². The number of hydrogen-bond donors (Lipinski definition) is 2. The summed E-state index contributed by atoms with van der Waals surface area (Å²) < 4.78 is 15.3. The van der Waals surface area contributed by atoms with Crippen LogP contribution in [0.25, 0.3) is 0 Å². The third kappa shape index (κ3) is 6.57. The van der Waals surface area contributed by atoms with E-state index >= 15 is 0 Å². The standard InChI is InChI=1S/C25H26N2O7S/c1-5-32-25(31)17-12-20(14(2)3)35-23(17)27-21(28)13-34-24(30)16-9-8-15(4)18(11-16)26-22(29)19-7-6-10-33-19/h6-12,14H,5,13H2,1-4H3,(H,26,29)(H,27,28). The number of furan rings is 1. The van der Waals surface area contributed by atoms with Gasteiger partial charge in [-0.05, 0) is 55.7 Å². The summed E-state index contributed by atoms with van der Waals surface area (Å²) in [6.07, 6.45) is 1.39. The van der Waals surface area contributed by atoms with Crippen molar-refractivity contribution in [2.45, 2.75) is 33.6 Å². The van der Waals surface area contributed by atoms with Crippen LogP contribution in [0.3, 0.4) is 0 Å². The molecule has 0 fully saturated rings.